The minimum Gasteiger partial charge on any atom is -0.419 e. The number of hydrogen-bond donors (Lipinski definition) is 1. The molecule has 3 heterocycles. The van der Waals surface area contributed by atoms with Crippen molar-refractivity contribution >= 4 is 11.6 Å². The van der Waals surface area contributed by atoms with Gasteiger partial charge in [0, 0.05) is 25.0 Å². The third-order valence-corrected chi connectivity index (χ3v) is 6.27. The fraction of sp³-hybridized carbons (Fsp3) is 0.280. The van der Waals surface area contributed by atoms with Gasteiger partial charge in [0.05, 0.1) is 35.3 Å². The summed E-state index contributed by atoms with van der Waals surface area (Å²) in [4.78, 5) is 14.3. The van der Waals surface area contributed by atoms with Gasteiger partial charge >= 0.3 is 12.4 Å². The Hall–Kier alpha value is -4.27. The number of amides is 1. The third-order valence-electron chi connectivity index (χ3n) is 6.27. The molecule has 15 heteroatoms. The highest BCUT2D eigenvalue weighted by atomic mass is 19.4. The highest BCUT2D eigenvalue weighted by Gasteiger charge is 2.38. The van der Waals surface area contributed by atoms with Crippen molar-refractivity contribution in [3.05, 3.63) is 83.3 Å². The molecule has 40 heavy (non-hydrogen) atoms. The highest BCUT2D eigenvalue weighted by Crippen LogP contribution is 2.38. The summed E-state index contributed by atoms with van der Waals surface area (Å²) in [5.41, 5.74) is -3.15. The van der Waals surface area contributed by atoms with Gasteiger partial charge < -0.3 is 14.6 Å². The Morgan fingerprint density at radius 3 is 2.38 bits per heavy atom. The van der Waals surface area contributed by atoms with Crippen LogP contribution in [0.25, 0.3) is 11.5 Å². The van der Waals surface area contributed by atoms with Gasteiger partial charge in [0.25, 0.3) is 5.89 Å². The molecular formula is C25H19F7N6O2. The van der Waals surface area contributed by atoms with Crippen molar-refractivity contribution in [2.45, 2.75) is 31.4 Å². The standard InChI is InChI=1S/C25H19F7N6O2/c26-17-3-5-18(6-4-17)37(13-21-35-36-23(40-21)15-9-34-38(12-15)19-10-33-11-19)22(39)7-14-1-2-16(24(27,28)29)8-20(14)25(30,31)32/h1-6,8-9,12,19,33H,7,10-11,13H2. The van der Waals surface area contributed by atoms with Crippen LogP contribution in [0.4, 0.5) is 36.4 Å². The maximum Gasteiger partial charge on any atom is 0.416 e. The number of alkyl halides is 6. The van der Waals surface area contributed by atoms with Crippen molar-refractivity contribution in [2.75, 3.05) is 18.0 Å². The second kappa shape index (κ2) is 10.4. The first-order chi connectivity index (χ1) is 18.9. The number of aromatic nitrogens is 4. The average molecular weight is 568 g/mol. The summed E-state index contributed by atoms with van der Waals surface area (Å²) in [5, 5.41) is 15.2. The van der Waals surface area contributed by atoms with E-state index >= 15 is 0 Å². The molecule has 1 amide bonds. The quantitative estimate of drug-likeness (QED) is 0.315. The van der Waals surface area contributed by atoms with Crippen molar-refractivity contribution in [2.24, 2.45) is 0 Å². The molecule has 0 aliphatic carbocycles. The second-order valence-corrected chi connectivity index (χ2v) is 9.02. The fourth-order valence-electron chi connectivity index (χ4n) is 4.05. The average Bonchev–Trinajstić information content (AvgIpc) is 3.51. The van der Waals surface area contributed by atoms with Crippen molar-refractivity contribution in [3.8, 4) is 11.5 Å². The van der Waals surface area contributed by atoms with Gasteiger partial charge in [-0.2, -0.15) is 31.4 Å². The predicted octanol–water partition coefficient (Wildman–Crippen LogP) is 5.03. The maximum absolute atomic E-state index is 13.6. The Balaban J connectivity index is 1.42. The van der Waals surface area contributed by atoms with Crippen LogP contribution in [-0.4, -0.2) is 39.0 Å². The maximum atomic E-state index is 13.6. The van der Waals surface area contributed by atoms with Gasteiger partial charge in [-0.05, 0) is 42.0 Å². The number of carbonyl (C=O) groups is 1. The van der Waals surface area contributed by atoms with E-state index in [0.29, 0.717) is 17.7 Å². The monoisotopic (exact) mass is 568 g/mol. The molecule has 8 nitrogen and oxygen atoms in total. The molecule has 0 unspecified atom stereocenters. The molecule has 4 aromatic rings. The Kier molecular flexibility index (Phi) is 7.08. The highest BCUT2D eigenvalue weighted by molar-refractivity contribution is 5.94. The minimum atomic E-state index is -5.15. The normalized spacial score (nSPS) is 14.3. The second-order valence-electron chi connectivity index (χ2n) is 9.02. The van der Waals surface area contributed by atoms with Gasteiger partial charge in [0.2, 0.25) is 11.8 Å². The van der Waals surface area contributed by atoms with E-state index in [2.05, 4.69) is 20.6 Å². The van der Waals surface area contributed by atoms with E-state index in [1.54, 1.807) is 10.9 Å². The van der Waals surface area contributed by atoms with Gasteiger partial charge in [0.1, 0.15) is 12.4 Å². The molecular weight excluding hydrogens is 549 g/mol. The van der Waals surface area contributed by atoms with Gasteiger partial charge in [-0.1, -0.05) is 6.07 Å². The summed E-state index contributed by atoms with van der Waals surface area (Å²) in [7, 11) is 0. The van der Waals surface area contributed by atoms with Crippen molar-refractivity contribution in [3.63, 3.8) is 0 Å². The van der Waals surface area contributed by atoms with E-state index in [0.717, 1.165) is 30.1 Å². The molecule has 0 bridgehead atoms. The van der Waals surface area contributed by atoms with Gasteiger partial charge in [-0.3, -0.25) is 9.48 Å². The molecule has 1 fully saturated rings. The molecule has 0 radical (unpaired) electrons. The lowest BCUT2D eigenvalue weighted by Gasteiger charge is -2.27. The molecule has 1 aliphatic heterocycles. The predicted molar refractivity (Wildman–Crippen MR) is 125 cm³/mol. The van der Waals surface area contributed by atoms with Crippen LogP contribution in [0.3, 0.4) is 0 Å². The van der Waals surface area contributed by atoms with Crippen LogP contribution < -0.4 is 10.2 Å². The SMILES string of the molecule is O=C(Cc1ccc(C(F)(F)F)cc1C(F)(F)F)N(Cc1nnc(-c2cnn(C3CNC3)c2)o1)c1ccc(F)cc1. The van der Waals surface area contributed by atoms with E-state index in [-0.39, 0.29) is 29.6 Å². The molecule has 1 saturated heterocycles. The van der Waals surface area contributed by atoms with Crippen molar-refractivity contribution in [1.82, 2.24) is 25.3 Å². The molecule has 0 atom stereocenters. The van der Waals surface area contributed by atoms with Crippen LogP contribution in [0.1, 0.15) is 28.6 Å². The number of nitrogens with zero attached hydrogens (tertiary/aromatic N) is 5. The number of benzene rings is 2. The van der Waals surface area contributed by atoms with Crippen LogP contribution in [-0.2, 0) is 30.1 Å². The largest absolute Gasteiger partial charge is 0.419 e. The van der Waals surface area contributed by atoms with E-state index < -0.39 is 53.7 Å². The number of halogens is 7. The number of carbonyl (C=O) groups excluding carboxylic acids is 1. The smallest absolute Gasteiger partial charge is 0.416 e. The zero-order valence-electron chi connectivity index (χ0n) is 20.3. The van der Waals surface area contributed by atoms with Crippen LogP contribution in [0.2, 0.25) is 0 Å². The molecule has 5 rings (SSSR count). The molecule has 1 aliphatic rings. The van der Waals surface area contributed by atoms with E-state index in [9.17, 15) is 35.5 Å². The number of rotatable bonds is 7. The topological polar surface area (TPSA) is 89.1 Å². The summed E-state index contributed by atoms with van der Waals surface area (Å²) in [6.45, 7) is 1.10. The van der Waals surface area contributed by atoms with Gasteiger partial charge in [0.15, 0.2) is 0 Å². The Labute approximate surface area is 221 Å². The molecule has 2 aromatic heterocycles. The third kappa shape index (κ3) is 5.83. The molecule has 1 N–H and O–H groups in total. The number of anilines is 1. The van der Waals surface area contributed by atoms with Crippen molar-refractivity contribution < 1.29 is 39.9 Å². The van der Waals surface area contributed by atoms with Crippen molar-refractivity contribution in [1.29, 1.82) is 0 Å². The van der Waals surface area contributed by atoms with Gasteiger partial charge in [-0.25, -0.2) is 4.39 Å². The van der Waals surface area contributed by atoms with Crippen LogP contribution in [0.5, 0.6) is 0 Å². The fourth-order valence-corrected chi connectivity index (χ4v) is 4.05. The minimum absolute atomic E-state index is 0.0328. The zero-order valence-corrected chi connectivity index (χ0v) is 20.3. The summed E-state index contributed by atoms with van der Waals surface area (Å²) >= 11 is 0. The first-order valence-electron chi connectivity index (χ1n) is 11.8. The Bertz CT molecular complexity index is 1510. The number of hydrogen-bond acceptors (Lipinski definition) is 6. The first kappa shape index (κ1) is 27.3. The zero-order chi connectivity index (χ0) is 28.7. The molecule has 0 saturated carbocycles. The van der Waals surface area contributed by atoms with Crippen LogP contribution in [0, 0.1) is 5.82 Å². The Morgan fingerprint density at radius 2 is 1.75 bits per heavy atom. The van der Waals surface area contributed by atoms with E-state index in [1.807, 2.05) is 0 Å². The lowest BCUT2D eigenvalue weighted by atomic mass is 10.00. The first-order valence-corrected chi connectivity index (χ1v) is 11.8. The number of nitrogens with one attached hydrogen (secondary N) is 1. The molecule has 2 aromatic carbocycles. The van der Waals surface area contributed by atoms with Crippen LogP contribution >= 0.6 is 0 Å². The summed E-state index contributed by atoms with van der Waals surface area (Å²) < 4.78 is 101. The van der Waals surface area contributed by atoms with Gasteiger partial charge in [-0.15, -0.1) is 10.2 Å². The van der Waals surface area contributed by atoms with Crippen LogP contribution in [0.15, 0.2) is 59.3 Å². The summed E-state index contributed by atoms with van der Waals surface area (Å²) in [5.74, 6) is -1.56. The lowest BCUT2D eigenvalue weighted by molar-refractivity contribution is -0.143. The van der Waals surface area contributed by atoms with E-state index in [4.69, 9.17) is 4.42 Å². The lowest BCUT2D eigenvalue weighted by Crippen LogP contribution is -2.43. The summed E-state index contributed by atoms with van der Waals surface area (Å²) in [6, 6.07) is 5.76. The summed E-state index contributed by atoms with van der Waals surface area (Å²) in [6.07, 6.45) is -7.85. The molecule has 0 spiro atoms. The Morgan fingerprint density at radius 1 is 1.02 bits per heavy atom. The molecule has 210 valence electrons. The van der Waals surface area contributed by atoms with E-state index in [1.165, 1.54) is 18.3 Å².